The van der Waals surface area contributed by atoms with Crippen molar-refractivity contribution in [1.29, 1.82) is 0 Å². The van der Waals surface area contributed by atoms with Crippen LogP contribution in [0, 0.1) is 4.77 Å². The molecule has 2 aromatic rings. The second kappa shape index (κ2) is 10.4. The molecular weight excluding hydrogens is 422 g/mol. The minimum Gasteiger partial charge on any atom is -0.394 e. The Labute approximate surface area is 185 Å². The van der Waals surface area contributed by atoms with E-state index in [0.29, 0.717) is 17.1 Å². The first-order valence-corrected chi connectivity index (χ1v) is 10.8. The fourth-order valence-corrected chi connectivity index (χ4v) is 4.03. The summed E-state index contributed by atoms with van der Waals surface area (Å²) < 4.78 is 9.53. The van der Waals surface area contributed by atoms with Crippen LogP contribution in [0.3, 0.4) is 0 Å². The second-order valence-corrected chi connectivity index (χ2v) is 7.97. The summed E-state index contributed by atoms with van der Waals surface area (Å²) >= 11 is 5.70. The summed E-state index contributed by atoms with van der Waals surface area (Å²) in [4.78, 5) is 15.8. The van der Waals surface area contributed by atoms with Crippen molar-refractivity contribution in [2.75, 3.05) is 6.61 Å². The highest BCUT2D eigenvalue weighted by atomic mass is 32.1. The van der Waals surface area contributed by atoms with E-state index in [-0.39, 0.29) is 0 Å². The van der Waals surface area contributed by atoms with Gasteiger partial charge in [-0.05, 0) is 30.8 Å². The maximum absolute atomic E-state index is 11.8. The van der Waals surface area contributed by atoms with Crippen molar-refractivity contribution in [1.82, 2.24) is 24.6 Å². The van der Waals surface area contributed by atoms with E-state index in [1.807, 2.05) is 16.7 Å². The standard InChI is InChI=1S/C20H29N5O5S/c1-3-4-5-10-24-18(13-6-8-21-9-7-13)23-25(20(24)31)19-15(22-12(2)27)17(29)16(28)14(11-26)30-19/h6-9,14-17,19,26,28-29H,3-5,10-11H2,1-2H3,(H,22,27)/t14-,15+,16+,17-,19-/m1/s1. The third-order valence-electron chi connectivity index (χ3n) is 5.32. The first kappa shape index (κ1) is 23.5. The summed E-state index contributed by atoms with van der Waals surface area (Å²) in [6.07, 6.45) is 1.46. The number of aromatic nitrogens is 4. The van der Waals surface area contributed by atoms with Gasteiger partial charge in [0.1, 0.15) is 24.4 Å². The number of hydrogen-bond acceptors (Lipinski definition) is 8. The van der Waals surface area contributed by atoms with Gasteiger partial charge < -0.3 is 25.4 Å². The number of amides is 1. The average molecular weight is 452 g/mol. The van der Waals surface area contributed by atoms with Crippen LogP contribution in [0.2, 0.25) is 0 Å². The Morgan fingerprint density at radius 2 is 1.97 bits per heavy atom. The molecule has 170 valence electrons. The van der Waals surface area contributed by atoms with Gasteiger partial charge in [0.2, 0.25) is 10.7 Å². The lowest BCUT2D eigenvalue weighted by atomic mass is 9.96. The van der Waals surface area contributed by atoms with Crippen LogP contribution in [0.5, 0.6) is 0 Å². The van der Waals surface area contributed by atoms with Gasteiger partial charge in [-0.25, -0.2) is 4.68 Å². The van der Waals surface area contributed by atoms with Crippen LogP contribution in [-0.4, -0.2) is 71.5 Å². The number of nitrogens with zero attached hydrogens (tertiary/aromatic N) is 4. The molecule has 0 saturated carbocycles. The molecule has 10 nitrogen and oxygen atoms in total. The normalized spacial score (nSPS) is 26.0. The molecule has 0 unspecified atom stereocenters. The molecule has 0 radical (unpaired) electrons. The van der Waals surface area contributed by atoms with Gasteiger partial charge in [0.05, 0.1) is 6.61 Å². The molecule has 1 fully saturated rings. The van der Waals surface area contributed by atoms with Gasteiger partial charge in [-0.15, -0.1) is 5.10 Å². The largest absolute Gasteiger partial charge is 0.394 e. The van der Waals surface area contributed by atoms with Crippen molar-refractivity contribution in [3.8, 4) is 11.4 Å². The summed E-state index contributed by atoms with van der Waals surface area (Å²) in [6.45, 7) is 3.54. The van der Waals surface area contributed by atoms with Gasteiger partial charge in [-0.1, -0.05) is 19.8 Å². The van der Waals surface area contributed by atoms with Crippen LogP contribution in [0.1, 0.15) is 39.3 Å². The minimum absolute atomic E-state index is 0.351. The van der Waals surface area contributed by atoms with E-state index in [1.54, 1.807) is 12.4 Å². The average Bonchev–Trinajstić information content (AvgIpc) is 3.08. The fourth-order valence-electron chi connectivity index (χ4n) is 3.71. The Morgan fingerprint density at radius 3 is 2.58 bits per heavy atom. The van der Waals surface area contributed by atoms with Gasteiger partial charge in [0.15, 0.2) is 12.1 Å². The van der Waals surface area contributed by atoms with E-state index >= 15 is 0 Å². The monoisotopic (exact) mass is 451 g/mol. The topological polar surface area (TPSA) is 135 Å². The lowest BCUT2D eigenvalue weighted by Crippen LogP contribution is -2.62. The zero-order chi connectivity index (χ0) is 22.5. The minimum atomic E-state index is -1.38. The smallest absolute Gasteiger partial charge is 0.217 e. The highest BCUT2D eigenvalue weighted by Gasteiger charge is 2.46. The van der Waals surface area contributed by atoms with E-state index in [0.717, 1.165) is 24.8 Å². The Balaban J connectivity index is 2.08. The first-order valence-electron chi connectivity index (χ1n) is 10.4. The Morgan fingerprint density at radius 1 is 1.26 bits per heavy atom. The first-order chi connectivity index (χ1) is 14.9. The molecule has 3 heterocycles. The Bertz CT molecular complexity index is 934. The number of carbonyl (C=O) groups is 1. The van der Waals surface area contributed by atoms with E-state index in [2.05, 4.69) is 22.3 Å². The molecule has 0 aliphatic carbocycles. The van der Waals surface area contributed by atoms with Crippen molar-refractivity contribution in [3.05, 3.63) is 29.3 Å². The number of nitrogens with one attached hydrogen (secondary N) is 1. The lowest BCUT2D eigenvalue weighted by Gasteiger charge is -2.42. The molecule has 0 bridgehead atoms. The highest BCUT2D eigenvalue weighted by molar-refractivity contribution is 7.71. The molecule has 3 rings (SSSR count). The van der Waals surface area contributed by atoms with Crippen molar-refractivity contribution >= 4 is 18.1 Å². The van der Waals surface area contributed by atoms with Gasteiger partial charge in [0.25, 0.3) is 0 Å². The molecule has 5 atom stereocenters. The molecule has 1 saturated heterocycles. The van der Waals surface area contributed by atoms with Crippen LogP contribution < -0.4 is 5.32 Å². The fraction of sp³-hybridized carbons (Fsp3) is 0.600. The van der Waals surface area contributed by atoms with Gasteiger partial charge in [0, 0.05) is 31.4 Å². The van der Waals surface area contributed by atoms with E-state index < -0.39 is 43.1 Å². The third-order valence-corrected chi connectivity index (χ3v) is 5.73. The van der Waals surface area contributed by atoms with E-state index in [9.17, 15) is 20.1 Å². The molecular formula is C20H29N5O5S. The molecule has 1 amide bonds. The van der Waals surface area contributed by atoms with Crippen molar-refractivity contribution in [2.24, 2.45) is 0 Å². The summed E-state index contributed by atoms with van der Waals surface area (Å²) in [5.74, 6) is 0.199. The molecule has 0 spiro atoms. The number of carbonyl (C=O) groups excluding carboxylic acids is 1. The number of ether oxygens (including phenoxy) is 1. The zero-order valence-electron chi connectivity index (χ0n) is 17.6. The maximum Gasteiger partial charge on any atom is 0.217 e. The summed E-state index contributed by atoms with van der Waals surface area (Å²) in [5.41, 5.74) is 0.808. The summed E-state index contributed by atoms with van der Waals surface area (Å²) in [5, 5.41) is 37.8. The molecule has 1 aliphatic heterocycles. The number of aliphatic hydroxyl groups excluding tert-OH is 3. The molecule has 31 heavy (non-hydrogen) atoms. The number of pyridine rings is 1. The molecule has 11 heteroatoms. The van der Waals surface area contributed by atoms with Crippen LogP contribution in [-0.2, 0) is 16.1 Å². The van der Waals surface area contributed by atoms with Gasteiger partial charge >= 0.3 is 0 Å². The highest BCUT2D eigenvalue weighted by Crippen LogP contribution is 2.30. The quantitative estimate of drug-likeness (QED) is 0.342. The number of unbranched alkanes of at least 4 members (excludes halogenated alkanes) is 2. The van der Waals surface area contributed by atoms with Crippen LogP contribution >= 0.6 is 12.2 Å². The van der Waals surface area contributed by atoms with Crippen LogP contribution in [0.15, 0.2) is 24.5 Å². The predicted molar refractivity (Wildman–Crippen MR) is 114 cm³/mol. The van der Waals surface area contributed by atoms with Crippen LogP contribution in [0.4, 0.5) is 0 Å². The number of aliphatic hydroxyl groups is 3. The van der Waals surface area contributed by atoms with E-state index in [4.69, 9.17) is 17.0 Å². The molecule has 0 aromatic carbocycles. The molecule has 1 aliphatic rings. The van der Waals surface area contributed by atoms with E-state index in [1.165, 1.54) is 11.6 Å². The number of rotatable bonds is 8. The van der Waals surface area contributed by atoms with Crippen molar-refractivity contribution in [3.63, 3.8) is 0 Å². The summed E-state index contributed by atoms with van der Waals surface area (Å²) in [7, 11) is 0. The Hall–Kier alpha value is -2.18. The third kappa shape index (κ3) is 5.01. The molecule has 2 aromatic heterocycles. The zero-order valence-corrected chi connectivity index (χ0v) is 18.4. The Kier molecular flexibility index (Phi) is 7.89. The van der Waals surface area contributed by atoms with Gasteiger partial charge in [-0.2, -0.15) is 0 Å². The predicted octanol–water partition coefficient (Wildman–Crippen LogP) is 0.782. The maximum atomic E-state index is 11.8. The van der Waals surface area contributed by atoms with Crippen molar-refractivity contribution < 1.29 is 24.9 Å². The summed E-state index contributed by atoms with van der Waals surface area (Å²) in [6, 6.07) is 2.63. The lowest BCUT2D eigenvalue weighted by molar-refractivity contribution is -0.219. The van der Waals surface area contributed by atoms with Gasteiger partial charge in [-0.3, -0.25) is 14.3 Å². The SMILES string of the molecule is CCCCCn1c(-c2ccncc2)nn([C@@H]2O[C@H](CO)[C@H](O)[C@H](O)[C@@H]2NC(C)=O)c1=S. The second-order valence-electron chi connectivity index (χ2n) is 7.60. The van der Waals surface area contributed by atoms with Crippen molar-refractivity contribution in [2.45, 2.75) is 70.2 Å². The molecule has 4 N–H and O–H groups in total. The van der Waals surface area contributed by atoms with Crippen LogP contribution in [0.25, 0.3) is 11.4 Å². The number of hydrogen-bond donors (Lipinski definition) is 4.